The fourth-order valence-electron chi connectivity index (χ4n) is 7.91. The van der Waals surface area contributed by atoms with Gasteiger partial charge >= 0.3 is 0 Å². The van der Waals surface area contributed by atoms with Gasteiger partial charge in [-0.05, 0) is 109 Å². The molecule has 0 spiro atoms. The Morgan fingerprint density at radius 1 is 0.889 bits per heavy atom. The highest BCUT2D eigenvalue weighted by molar-refractivity contribution is 5.02. The van der Waals surface area contributed by atoms with Crippen molar-refractivity contribution in [3.05, 3.63) is 0 Å². The zero-order valence-electron chi connectivity index (χ0n) is 25.8. The van der Waals surface area contributed by atoms with Crippen molar-refractivity contribution in [2.45, 2.75) is 135 Å². The molecular weight excluding hydrogens is 448 g/mol. The molecule has 3 aliphatic rings. The molecule has 0 bridgehead atoms. The SMILES string of the molecule is CCN(CN(C)C(NC)C1NCN(C2CC(C)(C)NC(C)(C)C2)CN1C)C1CC(C)(C)NC(C)(C)C1. The molecule has 3 rings (SSSR count). The van der Waals surface area contributed by atoms with E-state index in [1.54, 1.807) is 0 Å². The van der Waals surface area contributed by atoms with Gasteiger partial charge in [0.15, 0.2) is 0 Å². The molecule has 0 aromatic rings. The van der Waals surface area contributed by atoms with Gasteiger partial charge in [-0.3, -0.25) is 24.9 Å². The van der Waals surface area contributed by atoms with E-state index in [0.717, 1.165) is 26.6 Å². The van der Waals surface area contributed by atoms with E-state index < -0.39 is 0 Å². The Kier molecular flexibility index (Phi) is 9.27. The number of nitrogens with zero attached hydrogens (tertiary/aromatic N) is 4. The summed E-state index contributed by atoms with van der Waals surface area (Å²) >= 11 is 0. The fourth-order valence-corrected chi connectivity index (χ4v) is 7.91. The van der Waals surface area contributed by atoms with Crippen molar-refractivity contribution in [2.24, 2.45) is 0 Å². The maximum absolute atomic E-state index is 3.90. The maximum Gasteiger partial charge on any atom is 0.0911 e. The summed E-state index contributed by atoms with van der Waals surface area (Å²) in [6.45, 7) is 25.1. The molecule has 4 N–H and O–H groups in total. The summed E-state index contributed by atoms with van der Waals surface area (Å²) in [5, 5.41) is 15.2. The van der Waals surface area contributed by atoms with Gasteiger partial charge in [-0.25, -0.2) is 0 Å². The molecule has 8 nitrogen and oxygen atoms in total. The van der Waals surface area contributed by atoms with E-state index >= 15 is 0 Å². The van der Waals surface area contributed by atoms with Crippen LogP contribution in [-0.2, 0) is 0 Å². The van der Waals surface area contributed by atoms with E-state index in [1.165, 1.54) is 25.7 Å². The maximum atomic E-state index is 3.90. The molecule has 3 saturated heterocycles. The van der Waals surface area contributed by atoms with Gasteiger partial charge in [0, 0.05) is 34.2 Å². The predicted octanol–water partition coefficient (Wildman–Crippen LogP) is 2.44. The Balaban J connectivity index is 1.63. The van der Waals surface area contributed by atoms with E-state index in [0.29, 0.717) is 12.1 Å². The van der Waals surface area contributed by atoms with Crippen LogP contribution in [0, 0.1) is 0 Å². The van der Waals surface area contributed by atoms with Crippen molar-refractivity contribution < 1.29 is 0 Å². The van der Waals surface area contributed by atoms with Crippen LogP contribution in [0.1, 0.15) is 88.0 Å². The minimum atomic E-state index is 0.160. The fraction of sp³-hybridized carbons (Fsp3) is 1.00. The molecule has 3 aliphatic heterocycles. The van der Waals surface area contributed by atoms with Crippen LogP contribution in [0.15, 0.2) is 0 Å². The van der Waals surface area contributed by atoms with Gasteiger partial charge in [0.25, 0.3) is 0 Å². The molecule has 0 radical (unpaired) electrons. The highest BCUT2D eigenvalue weighted by atomic mass is 15.5. The molecule has 8 heteroatoms. The van der Waals surface area contributed by atoms with E-state index in [-0.39, 0.29) is 34.5 Å². The smallest absolute Gasteiger partial charge is 0.0911 e. The van der Waals surface area contributed by atoms with Gasteiger partial charge in [-0.15, -0.1) is 0 Å². The molecular formula is C28H60N8. The first-order valence-corrected chi connectivity index (χ1v) is 14.3. The van der Waals surface area contributed by atoms with Gasteiger partial charge in [-0.2, -0.15) is 0 Å². The van der Waals surface area contributed by atoms with Crippen LogP contribution in [0.3, 0.4) is 0 Å². The van der Waals surface area contributed by atoms with Crippen LogP contribution in [0.4, 0.5) is 0 Å². The number of piperidine rings is 2. The molecule has 0 saturated carbocycles. The Morgan fingerprint density at radius 2 is 1.39 bits per heavy atom. The third-order valence-electron chi connectivity index (χ3n) is 8.63. The number of likely N-dealkylation sites (N-methyl/N-ethyl adjacent to an activating group) is 3. The summed E-state index contributed by atoms with van der Waals surface area (Å²) in [6.07, 6.45) is 5.22. The zero-order chi connectivity index (χ0) is 27.1. The van der Waals surface area contributed by atoms with E-state index in [4.69, 9.17) is 0 Å². The topological polar surface area (TPSA) is 61.1 Å². The van der Waals surface area contributed by atoms with Crippen molar-refractivity contribution in [1.82, 2.24) is 40.9 Å². The lowest BCUT2D eigenvalue weighted by atomic mass is 9.79. The van der Waals surface area contributed by atoms with Gasteiger partial charge in [0.1, 0.15) is 0 Å². The number of hydrogen-bond acceptors (Lipinski definition) is 8. The van der Waals surface area contributed by atoms with Crippen LogP contribution in [0.5, 0.6) is 0 Å². The first kappa shape index (κ1) is 30.2. The van der Waals surface area contributed by atoms with Crippen LogP contribution in [-0.4, -0.2) is 114 Å². The summed E-state index contributed by atoms with van der Waals surface area (Å²) in [5.41, 5.74) is 0.647. The Morgan fingerprint density at radius 3 is 1.83 bits per heavy atom. The normalized spacial score (nSPS) is 30.7. The molecule has 212 valence electrons. The summed E-state index contributed by atoms with van der Waals surface area (Å²) < 4.78 is 0. The van der Waals surface area contributed by atoms with Gasteiger partial charge < -0.3 is 16.0 Å². The van der Waals surface area contributed by atoms with E-state index in [9.17, 15) is 0 Å². The van der Waals surface area contributed by atoms with Crippen molar-refractivity contribution in [3.8, 4) is 0 Å². The highest BCUT2D eigenvalue weighted by Gasteiger charge is 2.43. The number of hydrogen-bond donors (Lipinski definition) is 4. The van der Waals surface area contributed by atoms with Crippen LogP contribution in [0.2, 0.25) is 0 Å². The minimum Gasteiger partial charge on any atom is -0.307 e. The molecule has 0 aromatic carbocycles. The van der Waals surface area contributed by atoms with Gasteiger partial charge in [-0.1, -0.05) is 6.92 Å². The summed E-state index contributed by atoms with van der Waals surface area (Å²) in [7, 11) is 6.66. The van der Waals surface area contributed by atoms with Gasteiger partial charge in [0.05, 0.1) is 32.3 Å². The van der Waals surface area contributed by atoms with Crippen LogP contribution >= 0.6 is 0 Å². The summed E-state index contributed by atoms with van der Waals surface area (Å²) in [6, 6.07) is 1.17. The quantitative estimate of drug-likeness (QED) is 0.373. The van der Waals surface area contributed by atoms with Crippen molar-refractivity contribution in [3.63, 3.8) is 0 Å². The third kappa shape index (κ3) is 7.63. The second kappa shape index (κ2) is 11.0. The molecule has 0 aliphatic carbocycles. The molecule has 3 fully saturated rings. The zero-order valence-corrected chi connectivity index (χ0v) is 25.8. The van der Waals surface area contributed by atoms with Gasteiger partial charge in [0.2, 0.25) is 0 Å². The predicted molar refractivity (Wildman–Crippen MR) is 153 cm³/mol. The van der Waals surface area contributed by atoms with Crippen molar-refractivity contribution >= 4 is 0 Å². The minimum absolute atomic E-state index is 0.160. The standard InChI is InChI=1S/C28H60N8/c1-13-35(21-14-25(2,3)31-26(4,5)15-21)19-33(11)23(29-10)24-30-18-36(20-34(24)12)22-16-27(6,7)32-28(8,9)17-22/h21-24,29-32H,13-20H2,1-12H3. The number of nitrogens with one attached hydrogen (secondary N) is 4. The van der Waals surface area contributed by atoms with E-state index in [2.05, 4.69) is 124 Å². The molecule has 2 unspecified atom stereocenters. The lowest BCUT2D eigenvalue weighted by molar-refractivity contribution is -0.0626. The second-order valence-electron chi connectivity index (χ2n) is 14.7. The van der Waals surface area contributed by atoms with Crippen molar-refractivity contribution in [1.29, 1.82) is 0 Å². The molecule has 2 atom stereocenters. The number of rotatable bonds is 8. The Hall–Kier alpha value is -0.320. The first-order valence-electron chi connectivity index (χ1n) is 14.3. The average molecular weight is 509 g/mol. The Labute approximate surface area is 223 Å². The largest absolute Gasteiger partial charge is 0.307 e. The first-order chi connectivity index (χ1) is 16.5. The summed E-state index contributed by atoms with van der Waals surface area (Å²) in [4.78, 5) is 10.3. The van der Waals surface area contributed by atoms with E-state index in [1.807, 2.05) is 0 Å². The lowest BCUT2D eigenvalue weighted by Crippen LogP contribution is -2.71. The van der Waals surface area contributed by atoms with Crippen molar-refractivity contribution in [2.75, 3.05) is 47.7 Å². The van der Waals surface area contributed by atoms with Crippen LogP contribution in [0.25, 0.3) is 0 Å². The summed E-state index contributed by atoms with van der Waals surface area (Å²) in [5.74, 6) is 0. The average Bonchev–Trinajstić information content (AvgIpc) is 2.69. The second-order valence-corrected chi connectivity index (χ2v) is 14.7. The monoisotopic (exact) mass is 508 g/mol. The lowest BCUT2D eigenvalue weighted by Gasteiger charge is -2.54. The third-order valence-corrected chi connectivity index (χ3v) is 8.63. The molecule has 36 heavy (non-hydrogen) atoms. The highest BCUT2D eigenvalue weighted by Crippen LogP contribution is 2.33. The van der Waals surface area contributed by atoms with Crippen LogP contribution < -0.4 is 21.3 Å². The molecule has 0 aromatic heterocycles. The Bertz CT molecular complexity index is 688. The molecule has 3 heterocycles. The molecule has 0 amide bonds.